The zero-order chi connectivity index (χ0) is 22.0. The molecule has 1 aliphatic rings. The van der Waals surface area contributed by atoms with E-state index in [1.807, 2.05) is 37.3 Å². The summed E-state index contributed by atoms with van der Waals surface area (Å²) in [6.07, 6.45) is 4.24. The van der Waals surface area contributed by atoms with E-state index in [0.717, 1.165) is 41.6 Å². The van der Waals surface area contributed by atoms with Gasteiger partial charge >= 0.3 is 0 Å². The van der Waals surface area contributed by atoms with Crippen molar-refractivity contribution in [1.82, 2.24) is 9.55 Å². The van der Waals surface area contributed by atoms with Gasteiger partial charge in [-0.2, -0.15) is 0 Å². The summed E-state index contributed by atoms with van der Waals surface area (Å²) < 4.78 is 6.93. The maximum absolute atomic E-state index is 13.5. The first-order chi connectivity index (χ1) is 15.0. The largest absolute Gasteiger partial charge is 0.383 e. The predicted octanol–water partition coefficient (Wildman–Crippen LogP) is 4.13. The summed E-state index contributed by atoms with van der Waals surface area (Å²) in [6, 6.07) is 9.56. The highest BCUT2D eigenvalue weighted by molar-refractivity contribution is 8.00. The molecule has 1 amide bonds. The number of ether oxygens (including phenoxy) is 1. The van der Waals surface area contributed by atoms with Gasteiger partial charge in [0.1, 0.15) is 4.83 Å². The number of hydrogen-bond acceptors (Lipinski definition) is 6. The lowest BCUT2D eigenvalue weighted by atomic mass is 9.97. The van der Waals surface area contributed by atoms with Crippen molar-refractivity contribution in [2.75, 3.05) is 25.7 Å². The molecule has 2 heterocycles. The molecule has 2 aromatic heterocycles. The predicted molar refractivity (Wildman–Crippen MR) is 128 cm³/mol. The van der Waals surface area contributed by atoms with Crippen LogP contribution in [0.3, 0.4) is 0 Å². The number of fused-ring (bicyclic) bond motifs is 3. The smallest absolute Gasteiger partial charge is 0.263 e. The number of nitrogens with zero attached hydrogens (tertiary/aromatic N) is 3. The van der Waals surface area contributed by atoms with Crippen LogP contribution in [-0.2, 0) is 28.9 Å². The minimum absolute atomic E-state index is 0.0139. The van der Waals surface area contributed by atoms with Crippen molar-refractivity contribution in [3.05, 3.63) is 51.1 Å². The molecule has 0 saturated heterocycles. The molecule has 164 valence electrons. The van der Waals surface area contributed by atoms with E-state index in [2.05, 4.69) is 0 Å². The number of anilines is 1. The van der Waals surface area contributed by atoms with Crippen LogP contribution < -0.4 is 10.5 Å². The number of rotatable bonds is 7. The SMILES string of the molecule is COCCn1c(SC(C)C(=O)N(C)c2ccccc2)nc2sc3c(c2c1=O)CCCC3. The number of aryl methyl sites for hydroxylation is 2. The Morgan fingerprint density at radius 3 is 2.77 bits per heavy atom. The number of hydrogen-bond donors (Lipinski definition) is 0. The van der Waals surface area contributed by atoms with Crippen LogP contribution in [0.4, 0.5) is 5.69 Å². The second-order valence-corrected chi connectivity index (χ2v) is 10.1. The Morgan fingerprint density at radius 1 is 1.29 bits per heavy atom. The van der Waals surface area contributed by atoms with Gasteiger partial charge in [0.15, 0.2) is 5.16 Å². The van der Waals surface area contributed by atoms with Crippen LogP contribution >= 0.6 is 23.1 Å². The fourth-order valence-corrected chi connectivity index (χ4v) is 6.28. The number of aromatic nitrogens is 2. The maximum Gasteiger partial charge on any atom is 0.263 e. The first-order valence-corrected chi connectivity index (χ1v) is 12.2. The molecule has 0 aliphatic heterocycles. The fourth-order valence-electron chi connectivity index (χ4n) is 3.95. The molecular formula is C23H27N3O3S2. The topological polar surface area (TPSA) is 64.4 Å². The minimum Gasteiger partial charge on any atom is -0.383 e. The molecule has 0 radical (unpaired) electrons. The minimum atomic E-state index is -0.391. The molecule has 0 spiro atoms. The first-order valence-electron chi connectivity index (χ1n) is 10.5. The van der Waals surface area contributed by atoms with Crippen molar-refractivity contribution in [3.63, 3.8) is 0 Å². The van der Waals surface area contributed by atoms with Gasteiger partial charge in [-0.3, -0.25) is 14.2 Å². The van der Waals surface area contributed by atoms with Crippen LogP contribution in [-0.4, -0.2) is 41.5 Å². The molecule has 0 saturated carbocycles. The van der Waals surface area contributed by atoms with E-state index >= 15 is 0 Å². The summed E-state index contributed by atoms with van der Waals surface area (Å²) in [5.74, 6) is -0.0330. The molecule has 6 nitrogen and oxygen atoms in total. The molecule has 3 aromatic rings. The van der Waals surface area contributed by atoms with Gasteiger partial charge in [-0.1, -0.05) is 30.0 Å². The summed E-state index contributed by atoms with van der Waals surface area (Å²) in [7, 11) is 3.40. The highest BCUT2D eigenvalue weighted by Crippen LogP contribution is 2.35. The van der Waals surface area contributed by atoms with Crippen LogP contribution in [0, 0.1) is 0 Å². The molecule has 1 aromatic carbocycles. The quantitative estimate of drug-likeness (QED) is 0.394. The second kappa shape index (κ2) is 9.54. The van der Waals surface area contributed by atoms with Crippen LogP contribution in [0.25, 0.3) is 10.2 Å². The van der Waals surface area contributed by atoms with E-state index in [0.29, 0.717) is 18.3 Å². The third kappa shape index (κ3) is 4.42. The van der Waals surface area contributed by atoms with E-state index in [1.54, 1.807) is 35.0 Å². The zero-order valence-electron chi connectivity index (χ0n) is 18.1. The third-order valence-corrected chi connectivity index (χ3v) is 7.93. The number of methoxy groups -OCH3 is 1. The lowest BCUT2D eigenvalue weighted by Crippen LogP contribution is -2.34. The van der Waals surface area contributed by atoms with Crippen LogP contribution in [0.5, 0.6) is 0 Å². The van der Waals surface area contributed by atoms with E-state index in [1.165, 1.54) is 22.2 Å². The molecular weight excluding hydrogens is 430 g/mol. The molecule has 8 heteroatoms. The number of carbonyl (C=O) groups is 1. The van der Waals surface area contributed by atoms with Gasteiger partial charge < -0.3 is 9.64 Å². The lowest BCUT2D eigenvalue weighted by molar-refractivity contribution is -0.117. The average molecular weight is 458 g/mol. The van der Waals surface area contributed by atoms with Crippen LogP contribution in [0.1, 0.15) is 30.2 Å². The Kier molecular flexibility index (Phi) is 6.79. The third-order valence-electron chi connectivity index (χ3n) is 5.66. The lowest BCUT2D eigenvalue weighted by Gasteiger charge is -2.22. The number of carbonyl (C=O) groups excluding carboxylic acids is 1. The van der Waals surface area contributed by atoms with Gasteiger partial charge in [0, 0.05) is 24.7 Å². The monoisotopic (exact) mass is 457 g/mol. The molecule has 0 bridgehead atoms. The van der Waals surface area contributed by atoms with E-state index in [9.17, 15) is 9.59 Å². The maximum atomic E-state index is 13.5. The highest BCUT2D eigenvalue weighted by atomic mass is 32.2. The van der Waals surface area contributed by atoms with E-state index in [4.69, 9.17) is 9.72 Å². The fraction of sp³-hybridized carbons (Fsp3) is 0.435. The normalized spacial score (nSPS) is 14.4. The molecule has 0 fully saturated rings. The van der Waals surface area contributed by atoms with Gasteiger partial charge in [0.2, 0.25) is 5.91 Å². The Morgan fingerprint density at radius 2 is 2.03 bits per heavy atom. The summed E-state index contributed by atoms with van der Waals surface area (Å²) in [6.45, 7) is 2.70. The van der Waals surface area contributed by atoms with E-state index < -0.39 is 5.25 Å². The van der Waals surface area contributed by atoms with Crippen LogP contribution in [0.15, 0.2) is 40.3 Å². The van der Waals surface area contributed by atoms with Gasteiger partial charge in [-0.25, -0.2) is 4.98 Å². The van der Waals surface area contributed by atoms with Gasteiger partial charge in [0.05, 0.1) is 23.8 Å². The van der Waals surface area contributed by atoms with Crippen molar-refractivity contribution in [1.29, 1.82) is 0 Å². The van der Waals surface area contributed by atoms with Gasteiger partial charge in [-0.05, 0) is 50.3 Å². The van der Waals surface area contributed by atoms with Crippen molar-refractivity contribution >= 4 is 44.9 Å². The summed E-state index contributed by atoms with van der Waals surface area (Å²) >= 11 is 2.97. The summed E-state index contributed by atoms with van der Waals surface area (Å²) in [5.41, 5.74) is 2.01. The number of thioether (sulfide) groups is 1. The van der Waals surface area contributed by atoms with Crippen LogP contribution in [0.2, 0.25) is 0 Å². The Balaban J connectivity index is 1.68. The zero-order valence-corrected chi connectivity index (χ0v) is 19.7. The Hall–Kier alpha value is -2.16. The summed E-state index contributed by atoms with van der Waals surface area (Å²) in [4.78, 5) is 35.1. The molecule has 0 N–H and O–H groups in total. The number of benzene rings is 1. The van der Waals surface area contributed by atoms with Crippen molar-refractivity contribution in [2.45, 2.75) is 49.6 Å². The van der Waals surface area contributed by atoms with Gasteiger partial charge in [-0.15, -0.1) is 11.3 Å². The highest BCUT2D eigenvalue weighted by Gasteiger charge is 2.25. The van der Waals surface area contributed by atoms with Crippen molar-refractivity contribution < 1.29 is 9.53 Å². The second-order valence-electron chi connectivity index (χ2n) is 7.73. The number of para-hydroxylation sites is 1. The van der Waals surface area contributed by atoms with Gasteiger partial charge in [0.25, 0.3) is 5.56 Å². The molecule has 1 atom stereocenters. The molecule has 31 heavy (non-hydrogen) atoms. The Bertz CT molecular complexity index is 1140. The van der Waals surface area contributed by atoms with E-state index in [-0.39, 0.29) is 11.5 Å². The molecule has 4 rings (SSSR count). The standard InChI is InChI=1S/C23H27N3O3S2/c1-15(21(27)25(2)16-9-5-4-6-10-16)30-23-24-20-19(22(28)26(23)13-14-29-3)17-11-7-8-12-18(17)31-20/h4-6,9-10,15H,7-8,11-14H2,1-3H3. The summed E-state index contributed by atoms with van der Waals surface area (Å²) in [5, 5.41) is 0.953. The number of amides is 1. The molecule has 1 aliphatic carbocycles. The number of thiophene rings is 1. The average Bonchev–Trinajstić information content (AvgIpc) is 3.17. The van der Waals surface area contributed by atoms with Crippen molar-refractivity contribution in [3.8, 4) is 0 Å². The first kappa shape index (κ1) is 22.0. The Labute approximate surface area is 190 Å². The van der Waals surface area contributed by atoms with Crippen molar-refractivity contribution in [2.24, 2.45) is 0 Å². The molecule has 1 unspecified atom stereocenters.